The van der Waals surface area contributed by atoms with E-state index >= 15 is 0 Å². The number of rotatable bonds is 5. The van der Waals surface area contributed by atoms with Crippen LogP contribution in [0.1, 0.15) is 38.5 Å². The maximum absolute atomic E-state index is 6.03. The number of ether oxygens (including phenoxy) is 1. The fourth-order valence-electron chi connectivity index (χ4n) is 3.29. The molecule has 1 aromatic heterocycles. The molecule has 3 rings (SSSR count). The van der Waals surface area contributed by atoms with E-state index in [0.29, 0.717) is 0 Å². The summed E-state index contributed by atoms with van der Waals surface area (Å²) < 4.78 is 7.95. The first-order valence-electron chi connectivity index (χ1n) is 7.96. The summed E-state index contributed by atoms with van der Waals surface area (Å²) in [6, 6.07) is 0.188. The lowest BCUT2D eigenvalue weighted by molar-refractivity contribution is 0.191. The minimum absolute atomic E-state index is 0.178. The molecule has 2 fully saturated rings. The molecule has 2 aliphatic rings. The number of aromatic nitrogens is 2. The highest BCUT2D eigenvalue weighted by molar-refractivity contribution is 5.13. The number of nitrogens with one attached hydrogen (secondary N) is 1. The third-order valence-electron chi connectivity index (χ3n) is 4.63. The average molecular weight is 278 g/mol. The van der Waals surface area contributed by atoms with Gasteiger partial charge in [-0.2, -0.15) is 5.10 Å². The summed E-state index contributed by atoms with van der Waals surface area (Å²) >= 11 is 0. The van der Waals surface area contributed by atoms with E-state index in [1.807, 2.05) is 17.1 Å². The second kappa shape index (κ2) is 6.59. The van der Waals surface area contributed by atoms with Gasteiger partial charge in [-0.1, -0.05) is 0 Å². The van der Waals surface area contributed by atoms with E-state index < -0.39 is 0 Å². The first-order chi connectivity index (χ1) is 9.81. The van der Waals surface area contributed by atoms with Gasteiger partial charge in [0.15, 0.2) is 5.75 Å². The Kier molecular flexibility index (Phi) is 4.58. The molecular formula is C15H26N4O. The van der Waals surface area contributed by atoms with Crippen LogP contribution in [0.2, 0.25) is 0 Å². The van der Waals surface area contributed by atoms with Crippen LogP contribution in [0, 0.1) is 5.92 Å². The third kappa shape index (κ3) is 3.52. The minimum Gasteiger partial charge on any atom is -0.486 e. The largest absolute Gasteiger partial charge is 0.486 e. The van der Waals surface area contributed by atoms with Crippen LogP contribution in [0.3, 0.4) is 0 Å². The summed E-state index contributed by atoms with van der Waals surface area (Å²) in [5, 5.41) is 7.81. The molecule has 0 unspecified atom stereocenters. The van der Waals surface area contributed by atoms with E-state index in [1.165, 1.54) is 25.7 Å². The molecule has 1 saturated heterocycles. The van der Waals surface area contributed by atoms with Gasteiger partial charge in [-0.25, -0.2) is 0 Å². The van der Waals surface area contributed by atoms with Crippen LogP contribution in [-0.2, 0) is 6.54 Å². The Labute approximate surface area is 120 Å². The molecule has 3 N–H and O–H groups in total. The van der Waals surface area contributed by atoms with Gasteiger partial charge in [0, 0.05) is 12.6 Å². The van der Waals surface area contributed by atoms with Crippen LogP contribution in [0.5, 0.6) is 5.75 Å². The number of hydrogen-bond donors (Lipinski definition) is 2. The molecule has 1 aliphatic carbocycles. The first kappa shape index (κ1) is 13.9. The van der Waals surface area contributed by atoms with Crippen LogP contribution in [-0.4, -0.2) is 35.0 Å². The summed E-state index contributed by atoms with van der Waals surface area (Å²) in [5.74, 6) is 1.71. The van der Waals surface area contributed by atoms with Gasteiger partial charge in [0.05, 0.1) is 12.4 Å². The average Bonchev–Trinajstić information content (AvgIpc) is 3.08. The Balaban J connectivity index is 1.46. The van der Waals surface area contributed by atoms with E-state index in [1.54, 1.807) is 0 Å². The number of aryl methyl sites for hydroxylation is 1. The highest BCUT2D eigenvalue weighted by Gasteiger charge is 2.25. The number of hydrogen-bond acceptors (Lipinski definition) is 4. The van der Waals surface area contributed by atoms with Crippen molar-refractivity contribution in [3.63, 3.8) is 0 Å². The maximum Gasteiger partial charge on any atom is 0.157 e. The molecule has 0 amide bonds. The fraction of sp³-hybridized carbons (Fsp3) is 0.800. The number of nitrogens with zero attached hydrogens (tertiary/aromatic N) is 2. The van der Waals surface area contributed by atoms with Crippen molar-refractivity contribution in [2.75, 3.05) is 13.1 Å². The molecule has 5 nitrogen and oxygen atoms in total. The zero-order chi connectivity index (χ0) is 13.8. The van der Waals surface area contributed by atoms with Crippen molar-refractivity contribution >= 4 is 0 Å². The van der Waals surface area contributed by atoms with E-state index in [4.69, 9.17) is 10.5 Å². The molecule has 0 bridgehead atoms. The normalized spacial score (nSPS) is 27.9. The van der Waals surface area contributed by atoms with Crippen molar-refractivity contribution in [2.45, 2.75) is 57.2 Å². The summed E-state index contributed by atoms with van der Waals surface area (Å²) in [4.78, 5) is 0. The number of nitrogens with two attached hydrogens (primary N) is 1. The van der Waals surface area contributed by atoms with Gasteiger partial charge in [-0.15, -0.1) is 0 Å². The predicted molar refractivity (Wildman–Crippen MR) is 78.7 cm³/mol. The molecular weight excluding hydrogens is 252 g/mol. The smallest absolute Gasteiger partial charge is 0.157 e. The Hall–Kier alpha value is -1.07. The van der Waals surface area contributed by atoms with Gasteiger partial charge >= 0.3 is 0 Å². The standard InChI is InChI=1S/C15H26N4O/c16-14-2-1-3-15(14)20-13-10-18-19(11-13)9-6-12-4-7-17-8-5-12/h10-12,14-15,17H,1-9,16H2/t14-,15+/m0/s1. The van der Waals surface area contributed by atoms with Crippen LogP contribution >= 0.6 is 0 Å². The second-order valence-corrected chi connectivity index (χ2v) is 6.17. The summed E-state index contributed by atoms with van der Waals surface area (Å²) in [5.41, 5.74) is 6.03. The molecule has 2 atom stereocenters. The van der Waals surface area contributed by atoms with Crippen LogP contribution in [0.25, 0.3) is 0 Å². The van der Waals surface area contributed by atoms with Crippen molar-refractivity contribution in [1.82, 2.24) is 15.1 Å². The molecule has 1 aromatic rings. The monoisotopic (exact) mass is 278 g/mol. The molecule has 0 aromatic carbocycles. The lowest BCUT2D eigenvalue weighted by Crippen LogP contribution is -2.33. The van der Waals surface area contributed by atoms with Crippen molar-refractivity contribution < 1.29 is 4.74 Å². The molecule has 1 aliphatic heterocycles. The lowest BCUT2D eigenvalue weighted by atomic mass is 9.95. The third-order valence-corrected chi connectivity index (χ3v) is 4.63. The van der Waals surface area contributed by atoms with E-state index in [-0.39, 0.29) is 12.1 Å². The van der Waals surface area contributed by atoms with Gasteiger partial charge in [0.2, 0.25) is 0 Å². The highest BCUT2D eigenvalue weighted by atomic mass is 16.5. The Bertz CT molecular complexity index is 414. The molecule has 1 saturated carbocycles. The SMILES string of the molecule is N[C@H]1CCC[C@H]1Oc1cnn(CCC2CCNCC2)c1. The van der Waals surface area contributed by atoms with Crippen LogP contribution in [0.4, 0.5) is 0 Å². The quantitative estimate of drug-likeness (QED) is 0.857. The molecule has 5 heteroatoms. The molecule has 20 heavy (non-hydrogen) atoms. The Morgan fingerprint density at radius 2 is 2.15 bits per heavy atom. The predicted octanol–water partition coefficient (Wildman–Crippen LogP) is 1.53. The highest BCUT2D eigenvalue weighted by Crippen LogP contribution is 2.23. The van der Waals surface area contributed by atoms with Crippen molar-refractivity contribution in [1.29, 1.82) is 0 Å². The Morgan fingerprint density at radius 1 is 1.30 bits per heavy atom. The van der Waals surface area contributed by atoms with Crippen molar-refractivity contribution in [2.24, 2.45) is 11.7 Å². The second-order valence-electron chi connectivity index (χ2n) is 6.17. The maximum atomic E-state index is 6.03. The van der Waals surface area contributed by atoms with Gasteiger partial charge in [0.1, 0.15) is 6.10 Å². The van der Waals surface area contributed by atoms with Gasteiger partial charge in [-0.05, 0) is 57.5 Å². The van der Waals surface area contributed by atoms with E-state index in [2.05, 4.69) is 10.4 Å². The topological polar surface area (TPSA) is 65.1 Å². The fourth-order valence-corrected chi connectivity index (χ4v) is 3.29. The Morgan fingerprint density at radius 3 is 2.90 bits per heavy atom. The number of piperidine rings is 1. The molecule has 112 valence electrons. The zero-order valence-electron chi connectivity index (χ0n) is 12.1. The van der Waals surface area contributed by atoms with E-state index in [9.17, 15) is 0 Å². The summed E-state index contributed by atoms with van der Waals surface area (Å²) in [6.07, 6.45) is 11.2. The summed E-state index contributed by atoms with van der Waals surface area (Å²) in [6.45, 7) is 3.32. The molecule has 0 spiro atoms. The lowest BCUT2D eigenvalue weighted by Gasteiger charge is -2.22. The van der Waals surface area contributed by atoms with Gasteiger partial charge < -0.3 is 15.8 Å². The van der Waals surface area contributed by atoms with E-state index in [0.717, 1.165) is 44.1 Å². The van der Waals surface area contributed by atoms with Gasteiger partial charge in [0.25, 0.3) is 0 Å². The van der Waals surface area contributed by atoms with Crippen LogP contribution in [0.15, 0.2) is 12.4 Å². The van der Waals surface area contributed by atoms with Crippen LogP contribution < -0.4 is 15.8 Å². The van der Waals surface area contributed by atoms with Crippen molar-refractivity contribution in [3.8, 4) is 5.75 Å². The molecule has 2 heterocycles. The molecule has 0 radical (unpaired) electrons. The first-order valence-corrected chi connectivity index (χ1v) is 7.96. The minimum atomic E-state index is 0.178. The van der Waals surface area contributed by atoms with Gasteiger partial charge in [-0.3, -0.25) is 4.68 Å². The van der Waals surface area contributed by atoms with Crippen molar-refractivity contribution in [3.05, 3.63) is 12.4 Å². The summed E-state index contributed by atoms with van der Waals surface area (Å²) in [7, 11) is 0. The zero-order valence-corrected chi connectivity index (χ0v) is 12.1.